The first kappa shape index (κ1) is 15.6. The summed E-state index contributed by atoms with van der Waals surface area (Å²) in [5, 5.41) is 1.54. The molecule has 0 bridgehead atoms. The summed E-state index contributed by atoms with van der Waals surface area (Å²) in [5.41, 5.74) is 4.43. The van der Waals surface area contributed by atoms with Crippen LogP contribution in [0.1, 0.15) is 35.2 Å². The molecule has 3 nitrogen and oxygen atoms in total. The fourth-order valence-corrected chi connectivity index (χ4v) is 4.84. The number of likely N-dealkylation sites (N-methyl/N-ethyl adjacent to an activating group) is 1. The van der Waals surface area contributed by atoms with Crippen LogP contribution in [-0.2, 0) is 24.9 Å². The molecule has 2 aromatic rings. The maximum atomic E-state index is 6.46. The fourth-order valence-electron chi connectivity index (χ4n) is 4.10. The van der Waals surface area contributed by atoms with E-state index in [1.54, 1.807) is 0 Å². The smallest absolute Gasteiger partial charge is 0.224 e. The summed E-state index contributed by atoms with van der Waals surface area (Å²) in [7, 11) is 2.14. The van der Waals surface area contributed by atoms with Crippen molar-refractivity contribution in [2.45, 2.75) is 37.8 Å². The zero-order valence-corrected chi connectivity index (χ0v) is 15.0. The van der Waals surface area contributed by atoms with E-state index in [2.05, 4.69) is 28.0 Å². The van der Waals surface area contributed by atoms with Gasteiger partial charge in [-0.1, -0.05) is 35.3 Å². The van der Waals surface area contributed by atoms with Crippen molar-refractivity contribution in [1.29, 1.82) is 0 Å². The second-order valence-electron chi connectivity index (χ2n) is 6.39. The highest BCUT2D eigenvalue weighted by Crippen LogP contribution is 2.47. The van der Waals surface area contributed by atoms with Gasteiger partial charge in [0.15, 0.2) is 0 Å². The third kappa shape index (κ3) is 2.37. The Morgan fingerprint density at radius 3 is 2.78 bits per heavy atom. The van der Waals surface area contributed by atoms with Gasteiger partial charge in [0, 0.05) is 23.6 Å². The van der Waals surface area contributed by atoms with E-state index in [1.807, 2.05) is 12.1 Å². The maximum absolute atomic E-state index is 6.46. The third-order valence-electron chi connectivity index (χ3n) is 5.24. The fraction of sp³-hybridized carbons (Fsp3) is 0.412. The van der Waals surface area contributed by atoms with Crippen molar-refractivity contribution in [1.82, 2.24) is 14.9 Å². The van der Waals surface area contributed by atoms with Gasteiger partial charge >= 0.3 is 0 Å². The standard InChI is InChI=1S/C17H16Cl3N3/c1-23-9-11-14(21-16(20)22-15(11)19)8-17(23)7-3-4-10-12(17)5-2-6-13(10)18/h2,5-6H,3-4,7-9H2,1H3. The Labute approximate surface area is 150 Å². The summed E-state index contributed by atoms with van der Waals surface area (Å²) in [5.74, 6) is 0. The van der Waals surface area contributed by atoms with Crippen molar-refractivity contribution in [3.63, 3.8) is 0 Å². The van der Waals surface area contributed by atoms with Crippen LogP contribution in [0, 0.1) is 0 Å². The van der Waals surface area contributed by atoms with Crippen LogP contribution in [0.3, 0.4) is 0 Å². The van der Waals surface area contributed by atoms with Gasteiger partial charge < -0.3 is 0 Å². The molecule has 2 aliphatic rings. The predicted octanol–water partition coefficient (Wildman–Crippen LogP) is 4.66. The van der Waals surface area contributed by atoms with Gasteiger partial charge in [0.1, 0.15) is 5.15 Å². The molecule has 0 N–H and O–H groups in total. The molecule has 1 atom stereocenters. The van der Waals surface area contributed by atoms with Crippen LogP contribution in [0.25, 0.3) is 0 Å². The van der Waals surface area contributed by atoms with Crippen molar-refractivity contribution < 1.29 is 0 Å². The highest BCUT2D eigenvalue weighted by molar-refractivity contribution is 6.32. The molecule has 1 aliphatic carbocycles. The SMILES string of the molecule is CN1Cc2c(Cl)nc(Cl)nc2CC12CCCc1c(Cl)cccc12. The summed E-state index contributed by atoms with van der Waals surface area (Å²) < 4.78 is 0. The van der Waals surface area contributed by atoms with Crippen LogP contribution in [0.5, 0.6) is 0 Å². The van der Waals surface area contributed by atoms with Gasteiger partial charge in [-0.3, -0.25) is 4.90 Å². The molecule has 1 aromatic heterocycles. The summed E-state index contributed by atoms with van der Waals surface area (Å²) >= 11 is 18.8. The number of rotatable bonds is 0. The molecular formula is C17H16Cl3N3. The van der Waals surface area contributed by atoms with Crippen LogP contribution < -0.4 is 0 Å². The molecule has 2 heterocycles. The molecule has 0 fully saturated rings. The van der Waals surface area contributed by atoms with Gasteiger partial charge in [-0.25, -0.2) is 9.97 Å². The lowest BCUT2D eigenvalue weighted by Crippen LogP contribution is -2.50. The molecule has 0 amide bonds. The molecule has 1 aromatic carbocycles. The number of hydrogen-bond acceptors (Lipinski definition) is 3. The Hall–Kier alpha value is -0.870. The van der Waals surface area contributed by atoms with Crippen molar-refractivity contribution >= 4 is 34.8 Å². The highest BCUT2D eigenvalue weighted by Gasteiger charge is 2.44. The van der Waals surface area contributed by atoms with E-state index in [4.69, 9.17) is 34.8 Å². The first-order valence-electron chi connectivity index (χ1n) is 7.71. The summed E-state index contributed by atoms with van der Waals surface area (Å²) in [6.07, 6.45) is 4.01. The second-order valence-corrected chi connectivity index (χ2v) is 7.50. The van der Waals surface area contributed by atoms with Gasteiger partial charge in [0.25, 0.3) is 0 Å². The van der Waals surface area contributed by atoms with Gasteiger partial charge in [0.2, 0.25) is 5.28 Å². The molecule has 0 saturated carbocycles. The van der Waals surface area contributed by atoms with E-state index in [0.717, 1.165) is 48.5 Å². The highest BCUT2D eigenvalue weighted by atomic mass is 35.5. The van der Waals surface area contributed by atoms with Crippen molar-refractivity contribution in [3.05, 3.63) is 56.0 Å². The zero-order chi connectivity index (χ0) is 16.2. The predicted molar refractivity (Wildman–Crippen MR) is 93.3 cm³/mol. The minimum absolute atomic E-state index is 0.0908. The lowest BCUT2D eigenvalue weighted by molar-refractivity contribution is 0.0729. The second kappa shape index (κ2) is 5.59. The van der Waals surface area contributed by atoms with Crippen molar-refractivity contribution in [2.24, 2.45) is 0 Å². The third-order valence-corrected chi connectivity index (χ3v) is 6.07. The number of aromatic nitrogens is 2. The van der Waals surface area contributed by atoms with E-state index in [9.17, 15) is 0 Å². The van der Waals surface area contributed by atoms with Crippen molar-refractivity contribution in [2.75, 3.05) is 7.05 Å². The topological polar surface area (TPSA) is 29.0 Å². The summed E-state index contributed by atoms with van der Waals surface area (Å²) in [4.78, 5) is 10.9. The quantitative estimate of drug-likeness (QED) is 0.500. The van der Waals surface area contributed by atoms with Gasteiger partial charge in [-0.15, -0.1) is 0 Å². The van der Waals surface area contributed by atoms with Crippen LogP contribution >= 0.6 is 34.8 Å². The lowest BCUT2D eigenvalue weighted by atomic mass is 9.71. The molecule has 0 radical (unpaired) electrons. The summed E-state index contributed by atoms with van der Waals surface area (Å²) in [6.45, 7) is 0.720. The number of fused-ring (bicyclic) bond motifs is 3. The van der Waals surface area contributed by atoms with Crippen LogP contribution in [0.15, 0.2) is 18.2 Å². The maximum Gasteiger partial charge on any atom is 0.224 e. The molecule has 0 saturated heterocycles. The minimum atomic E-state index is -0.0908. The average molecular weight is 369 g/mol. The molecule has 23 heavy (non-hydrogen) atoms. The minimum Gasteiger partial charge on any atom is -0.292 e. The number of hydrogen-bond donors (Lipinski definition) is 0. The van der Waals surface area contributed by atoms with E-state index < -0.39 is 0 Å². The van der Waals surface area contributed by atoms with Crippen molar-refractivity contribution in [3.8, 4) is 0 Å². The first-order chi connectivity index (χ1) is 11.0. The Bertz CT molecular complexity index is 793. The largest absolute Gasteiger partial charge is 0.292 e. The van der Waals surface area contributed by atoms with Gasteiger partial charge in [-0.05, 0) is 55.1 Å². The zero-order valence-electron chi connectivity index (χ0n) is 12.7. The van der Waals surface area contributed by atoms with Gasteiger partial charge in [0.05, 0.1) is 11.2 Å². The Morgan fingerprint density at radius 2 is 1.96 bits per heavy atom. The van der Waals surface area contributed by atoms with E-state index in [-0.39, 0.29) is 10.8 Å². The van der Waals surface area contributed by atoms with Crippen LogP contribution in [-0.4, -0.2) is 21.9 Å². The Morgan fingerprint density at radius 1 is 1.13 bits per heavy atom. The Kier molecular flexibility index (Phi) is 3.80. The molecule has 1 aliphatic heterocycles. The lowest BCUT2D eigenvalue weighted by Gasteiger charge is -2.49. The van der Waals surface area contributed by atoms with E-state index >= 15 is 0 Å². The van der Waals surface area contributed by atoms with Gasteiger partial charge in [-0.2, -0.15) is 0 Å². The molecule has 1 unspecified atom stereocenters. The summed E-state index contributed by atoms with van der Waals surface area (Å²) in [6, 6.07) is 6.22. The normalized spacial score (nSPS) is 23.7. The van der Waals surface area contributed by atoms with Crippen LogP contribution in [0.2, 0.25) is 15.5 Å². The van der Waals surface area contributed by atoms with Crippen LogP contribution in [0.4, 0.5) is 0 Å². The molecule has 6 heteroatoms. The van der Waals surface area contributed by atoms with E-state index in [0.29, 0.717) is 5.15 Å². The molecule has 120 valence electrons. The molecule has 4 rings (SSSR count). The average Bonchev–Trinajstić information content (AvgIpc) is 2.50. The van der Waals surface area contributed by atoms with E-state index in [1.165, 1.54) is 11.1 Å². The first-order valence-corrected chi connectivity index (χ1v) is 8.84. The number of halogens is 3. The number of nitrogens with zero attached hydrogens (tertiary/aromatic N) is 3. The number of benzene rings is 1. The molecule has 1 spiro atoms. The Balaban J connectivity index is 1.89. The molecular weight excluding hydrogens is 353 g/mol. The monoisotopic (exact) mass is 367 g/mol.